The van der Waals surface area contributed by atoms with Crippen molar-refractivity contribution in [2.45, 2.75) is 4.90 Å². The number of benzene rings is 2. The highest BCUT2D eigenvalue weighted by molar-refractivity contribution is 7.98. The lowest BCUT2D eigenvalue weighted by molar-refractivity contribution is 0.182. The summed E-state index contributed by atoms with van der Waals surface area (Å²) in [6.07, 6.45) is 3.69. The fourth-order valence-electron chi connectivity index (χ4n) is 1.50. The van der Waals surface area contributed by atoms with Crippen molar-refractivity contribution in [3.8, 4) is 5.75 Å². The zero-order chi connectivity index (χ0) is 22.6. The lowest BCUT2D eigenvalue weighted by Crippen LogP contribution is -2.00. The summed E-state index contributed by atoms with van der Waals surface area (Å²) in [5, 5.41) is 0. The van der Waals surface area contributed by atoms with Crippen molar-refractivity contribution in [2.24, 2.45) is 15.0 Å². The maximum atomic E-state index is 10.6. The van der Waals surface area contributed by atoms with Gasteiger partial charge in [-0.25, -0.2) is 24.0 Å². The van der Waals surface area contributed by atoms with Crippen LogP contribution in [0.2, 0.25) is 0 Å². The monoisotopic (exact) mass is 429 g/mol. The second-order valence-electron chi connectivity index (χ2n) is 4.43. The highest BCUT2D eigenvalue weighted by atomic mass is 32.2. The molecule has 11 heteroatoms. The summed E-state index contributed by atoms with van der Waals surface area (Å²) < 4.78 is 8.51. The summed E-state index contributed by atoms with van der Waals surface area (Å²) >= 11 is 1.56. The van der Waals surface area contributed by atoms with E-state index in [1.807, 2.05) is 24.5 Å². The van der Waals surface area contributed by atoms with Crippen LogP contribution >= 0.6 is 11.8 Å². The standard InChI is InChI=1S/C8H5NO3.C8H7NOS.C3H3NO3/c10-6-9-8(11)12-7-4-2-1-3-5-7;1-11-8-5-3-2-4-7(8)9-6-10;1-7-3(6)4-2-5/h1-5H;2-5H,1H3;1H3. The van der Waals surface area contributed by atoms with E-state index >= 15 is 0 Å². The lowest BCUT2D eigenvalue weighted by Gasteiger charge is -1.97. The normalized spacial score (nSPS) is 8.07. The van der Waals surface area contributed by atoms with Gasteiger partial charge in [0.15, 0.2) is 0 Å². The summed E-state index contributed by atoms with van der Waals surface area (Å²) in [7, 11) is 1.13. The number of amides is 2. The molecule has 154 valence electrons. The summed E-state index contributed by atoms with van der Waals surface area (Å²) in [4.78, 5) is 58.9. The predicted octanol–water partition coefficient (Wildman–Crippen LogP) is 3.99. The van der Waals surface area contributed by atoms with Crippen molar-refractivity contribution in [2.75, 3.05) is 13.4 Å². The zero-order valence-electron chi connectivity index (χ0n) is 15.8. The summed E-state index contributed by atoms with van der Waals surface area (Å²) in [5.41, 5.74) is 0.690. The molecule has 0 unspecified atom stereocenters. The molecule has 30 heavy (non-hydrogen) atoms. The third-order valence-corrected chi connectivity index (χ3v) is 3.43. The first kappa shape index (κ1) is 25.9. The lowest BCUT2D eigenvalue weighted by atomic mass is 10.3. The summed E-state index contributed by atoms with van der Waals surface area (Å²) in [5.74, 6) is 0.349. The van der Waals surface area contributed by atoms with Crippen LogP contribution in [0, 0.1) is 0 Å². The first-order valence-corrected chi connectivity index (χ1v) is 8.96. The van der Waals surface area contributed by atoms with E-state index in [-0.39, 0.29) is 0 Å². The summed E-state index contributed by atoms with van der Waals surface area (Å²) in [6.45, 7) is 0. The predicted molar refractivity (Wildman–Crippen MR) is 107 cm³/mol. The second kappa shape index (κ2) is 17.0. The molecule has 0 aliphatic heterocycles. The van der Waals surface area contributed by atoms with Crippen molar-refractivity contribution in [3.63, 3.8) is 0 Å². The minimum absolute atomic E-state index is 0.349. The largest absolute Gasteiger partial charge is 0.451 e. The Morgan fingerprint density at radius 1 is 0.833 bits per heavy atom. The molecule has 0 radical (unpaired) electrons. The Morgan fingerprint density at radius 2 is 1.40 bits per heavy atom. The van der Waals surface area contributed by atoms with Gasteiger partial charge in [-0.3, -0.25) is 0 Å². The Balaban J connectivity index is 0.000000437. The smallest absolute Gasteiger partial charge is 0.450 e. The number of methoxy groups -OCH3 is 1. The SMILES string of the molecule is COC(=O)N=C=O.CSc1ccccc1N=C=O.O=C=NC(=O)Oc1ccccc1. The van der Waals surface area contributed by atoms with Gasteiger partial charge in [0, 0.05) is 4.90 Å². The molecule has 10 nitrogen and oxygen atoms in total. The van der Waals surface area contributed by atoms with Gasteiger partial charge in [0.25, 0.3) is 0 Å². The number of nitrogens with zero attached hydrogens (tertiary/aromatic N) is 3. The molecular formula is C19H15N3O7S. The maximum absolute atomic E-state index is 10.6. The Bertz CT molecular complexity index is 963. The van der Waals surface area contributed by atoms with Crippen LogP contribution in [0.1, 0.15) is 0 Å². The molecule has 2 aromatic carbocycles. The molecule has 0 aliphatic rings. The van der Waals surface area contributed by atoms with Crippen molar-refractivity contribution in [1.29, 1.82) is 0 Å². The number of hydrogen-bond donors (Lipinski definition) is 0. The molecule has 0 heterocycles. The Hall–Kier alpha value is -4.13. The van der Waals surface area contributed by atoms with Gasteiger partial charge in [0.1, 0.15) is 5.75 Å². The van der Waals surface area contributed by atoms with Gasteiger partial charge >= 0.3 is 12.2 Å². The molecule has 0 aliphatic carbocycles. The first-order valence-electron chi connectivity index (χ1n) is 7.73. The number of carbonyl (C=O) groups excluding carboxylic acids is 5. The molecule has 0 spiro atoms. The minimum atomic E-state index is -0.962. The molecular weight excluding hydrogens is 414 g/mol. The van der Waals surface area contributed by atoms with Crippen LogP contribution < -0.4 is 4.74 Å². The Kier molecular flexibility index (Phi) is 14.7. The maximum Gasteiger partial charge on any atom is 0.450 e. The molecule has 0 fully saturated rings. The van der Waals surface area contributed by atoms with Crippen LogP contribution in [-0.2, 0) is 19.1 Å². The number of ether oxygens (including phenoxy) is 2. The van der Waals surface area contributed by atoms with Crippen LogP contribution in [-0.4, -0.2) is 43.8 Å². The van der Waals surface area contributed by atoms with E-state index in [4.69, 9.17) is 0 Å². The molecule has 2 rings (SSSR count). The van der Waals surface area contributed by atoms with Gasteiger partial charge in [-0.2, -0.15) is 4.99 Å². The Morgan fingerprint density at radius 3 is 1.90 bits per heavy atom. The van der Waals surface area contributed by atoms with Crippen molar-refractivity contribution >= 4 is 47.9 Å². The summed E-state index contributed by atoms with van der Waals surface area (Å²) in [6, 6.07) is 15.8. The molecule has 0 saturated carbocycles. The topological polar surface area (TPSA) is 141 Å². The Labute approximate surface area is 175 Å². The quantitative estimate of drug-likeness (QED) is 0.405. The van der Waals surface area contributed by atoms with E-state index in [0.717, 1.165) is 24.2 Å². The number of rotatable bonds is 3. The van der Waals surface area contributed by atoms with Gasteiger partial charge in [-0.1, -0.05) is 40.3 Å². The van der Waals surface area contributed by atoms with E-state index in [1.54, 1.807) is 48.2 Å². The molecule has 0 aromatic heterocycles. The molecule has 0 bridgehead atoms. The van der Waals surface area contributed by atoms with Gasteiger partial charge < -0.3 is 9.47 Å². The number of aliphatic imine (C=N–C) groups is 3. The number of hydrogen-bond acceptors (Lipinski definition) is 9. The van der Waals surface area contributed by atoms with Crippen LogP contribution in [0.5, 0.6) is 5.75 Å². The zero-order valence-corrected chi connectivity index (χ0v) is 16.6. The van der Waals surface area contributed by atoms with Gasteiger partial charge in [-0.05, 0) is 30.5 Å². The van der Waals surface area contributed by atoms with Crippen LogP contribution in [0.15, 0.2) is 74.5 Å². The third kappa shape index (κ3) is 12.3. The highest BCUT2D eigenvalue weighted by Crippen LogP contribution is 2.26. The van der Waals surface area contributed by atoms with Crippen LogP contribution in [0.4, 0.5) is 15.3 Å². The number of para-hydroxylation sites is 2. The van der Waals surface area contributed by atoms with E-state index in [2.05, 4.69) is 24.5 Å². The van der Waals surface area contributed by atoms with E-state index < -0.39 is 12.2 Å². The first-order chi connectivity index (χ1) is 14.5. The van der Waals surface area contributed by atoms with Gasteiger partial charge in [-0.15, -0.1) is 11.8 Å². The van der Waals surface area contributed by atoms with Crippen LogP contribution in [0.25, 0.3) is 0 Å². The minimum Gasteiger partial charge on any atom is -0.451 e. The van der Waals surface area contributed by atoms with Crippen molar-refractivity contribution in [3.05, 3.63) is 54.6 Å². The average Bonchev–Trinajstić information content (AvgIpc) is 2.76. The molecule has 0 atom stereocenters. The van der Waals surface area contributed by atoms with Crippen LogP contribution in [0.3, 0.4) is 0 Å². The van der Waals surface area contributed by atoms with E-state index in [0.29, 0.717) is 11.4 Å². The third-order valence-electron chi connectivity index (χ3n) is 2.65. The van der Waals surface area contributed by atoms with Gasteiger partial charge in [0.2, 0.25) is 18.2 Å². The fourth-order valence-corrected chi connectivity index (χ4v) is 2.04. The number of carbonyl (C=O) groups is 2. The van der Waals surface area contributed by atoms with E-state index in [1.165, 1.54) is 6.08 Å². The van der Waals surface area contributed by atoms with E-state index in [9.17, 15) is 24.0 Å². The van der Waals surface area contributed by atoms with Crippen molar-refractivity contribution < 1.29 is 33.4 Å². The fraction of sp³-hybridized carbons (Fsp3) is 0.105. The molecule has 2 amide bonds. The average molecular weight is 429 g/mol. The highest BCUT2D eigenvalue weighted by Gasteiger charge is 1.99. The molecule has 2 aromatic rings. The number of thioether (sulfide) groups is 1. The second-order valence-corrected chi connectivity index (χ2v) is 5.28. The van der Waals surface area contributed by atoms with Crippen molar-refractivity contribution in [1.82, 2.24) is 0 Å². The molecule has 0 saturated heterocycles. The molecule has 0 N–H and O–H groups in total. The number of isocyanates is 3. The van der Waals surface area contributed by atoms with Gasteiger partial charge in [0.05, 0.1) is 12.8 Å².